The largest absolute Gasteiger partial charge is 0.496 e. The molecule has 0 bridgehead atoms. The van der Waals surface area contributed by atoms with Crippen LogP contribution in [0.2, 0.25) is 5.02 Å². The molecule has 7 heterocycles. The van der Waals surface area contributed by atoms with E-state index in [1.807, 2.05) is 234 Å². The second kappa shape index (κ2) is 42.0. The Morgan fingerprint density at radius 1 is 0.513 bits per heavy atom. The smallest absolute Gasteiger partial charge is 0.254 e. The van der Waals surface area contributed by atoms with Crippen molar-refractivity contribution in [2.75, 3.05) is 46.9 Å². The van der Waals surface area contributed by atoms with Gasteiger partial charge in [0.25, 0.3) is 17.7 Å². The normalized spacial score (nSPS) is 11.7. The van der Waals surface area contributed by atoms with E-state index >= 15 is 0 Å². The Hall–Kier alpha value is -12.6. The second-order valence-corrected chi connectivity index (χ2v) is 33.3. The predicted octanol–water partition coefficient (Wildman–Crippen LogP) is 18.6. The molecule has 5 amide bonds. The molecular formula is C92H89ClN10O12S4. The van der Waals surface area contributed by atoms with Gasteiger partial charge in [-0.1, -0.05) is 157 Å². The van der Waals surface area contributed by atoms with Crippen molar-refractivity contribution in [3.8, 4) is 28.6 Å². The number of furan rings is 2. The molecule has 0 spiro atoms. The molecule has 22 nitrogen and oxygen atoms in total. The van der Waals surface area contributed by atoms with Crippen LogP contribution in [-0.4, -0.2) is 124 Å². The zero-order valence-corrected chi connectivity index (χ0v) is 70.4. The van der Waals surface area contributed by atoms with Crippen molar-refractivity contribution in [1.29, 1.82) is 0 Å². The lowest BCUT2D eigenvalue weighted by Gasteiger charge is -2.27. The molecule has 27 heteroatoms. The number of thiophene rings is 3. The summed E-state index contributed by atoms with van der Waals surface area (Å²) in [5.41, 5.74) is 7.65. The van der Waals surface area contributed by atoms with Crippen molar-refractivity contribution in [2.24, 2.45) is 0 Å². The van der Waals surface area contributed by atoms with Gasteiger partial charge in [0.2, 0.25) is 27.7 Å². The molecule has 6 aromatic heterocycles. The number of aromatic nitrogens is 4. The number of anilines is 1. The highest BCUT2D eigenvalue weighted by Crippen LogP contribution is 2.35. The Labute approximate surface area is 709 Å². The minimum Gasteiger partial charge on any atom is -0.496 e. The van der Waals surface area contributed by atoms with Gasteiger partial charge in [0.1, 0.15) is 34.5 Å². The van der Waals surface area contributed by atoms with E-state index in [-0.39, 0.29) is 34.4 Å². The fourth-order valence-electron chi connectivity index (χ4n) is 13.3. The van der Waals surface area contributed by atoms with Crippen molar-refractivity contribution in [2.45, 2.75) is 82.9 Å². The summed E-state index contributed by atoms with van der Waals surface area (Å²) < 4.78 is 53.4. The monoisotopic (exact) mass is 1690 g/mol. The first kappa shape index (κ1) is 85.8. The number of ether oxygens (including phenoxy) is 3. The number of hydrogen-bond donors (Lipinski definition) is 1. The summed E-state index contributed by atoms with van der Waals surface area (Å²) in [7, 11) is 4.28. The Morgan fingerprint density at radius 2 is 0.975 bits per heavy atom. The topological polar surface area (TPSA) is 247 Å². The molecule has 610 valence electrons. The number of nitrogens with zero attached hydrogens (tertiary/aromatic N) is 9. The number of aryl methyl sites for hydroxylation is 1. The lowest BCUT2D eigenvalue weighted by atomic mass is 9.90. The first-order chi connectivity index (χ1) is 57.8. The van der Waals surface area contributed by atoms with E-state index in [1.54, 1.807) is 124 Å². The van der Waals surface area contributed by atoms with Crippen molar-refractivity contribution in [3.63, 3.8) is 0 Å². The van der Waals surface area contributed by atoms with E-state index < -0.39 is 15.9 Å². The number of carbonyl (C=O) groups is 5. The van der Waals surface area contributed by atoms with Crippen molar-refractivity contribution in [3.05, 3.63) is 365 Å². The fourth-order valence-corrected chi connectivity index (χ4v) is 16.6. The molecular weight excluding hydrogens is 1600 g/mol. The van der Waals surface area contributed by atoms with Gasteiger partial charge in [-0.3, -0.25) is 24.0 Å². The quantitative estimate of drug-likeness (QED) is 0.0458. The van der Waals surface area contributed by atoms with Crippen LogP contribution in [0.4, 0.5) is 5.69 Å². The minimum absolute atomic E-state index is 0.00727. The molecule has 0 unspecified atom stereocenters. The molecule has 0 saturated carbocycles. The third kappa shape index (κ3) is 23.0. The zero-order valence-electron chi connectivity index (χ0n) is 66.4. The number of H-pyrrole nitrogens is 1. The molecule has 0 aliphatic carbocycles. The number of hydrogen-bond acceptors (Lipinski definition) is 18. The van der Waals surface area contributed by atoms with Crippen LogP contribution in [0, 0.1) is 6.92 Å². The van der Waals surface area contributed by atoms with E-state index in [0.29, 0.717) is 104 Å². The maximum Gasteiger partial charge on any atom is 0.254 e. The number of amides is 5. The number of rotatable bonds is 29. The van der Waals surface area contributed by atoms with Gasteiger partial charge < -0.3 is 47.5 Å². The number of carbonyl (C=O) groups excluding carboxylic acids is 5. The molecule has 8 aromatic carbocycles. The van der Waals surface area contributed by atoms with E-state index in [1.165, 1.54) is 26.2 Å². The van der Waals surface area contributed by atoms with E-state index in [2.05, 4.69) is 20.6 Å². The summed E-state index contributed by atoms with van der Waals surface area (Å²) in [6.45, 7) is 5.97. The van der Waals surface area contributed by atoms with Crippen molar-refractivity contribution < 1.29 is 55.4 Å². The SMILES string of the molecule is COc1ccccc1CN(Cc1cccs1)C(=O)c1ccc(-c2nn[nH]n2)cc1.COc1ccccc1CN(Cc1cccs1)C(=O)c1ccc(Cl)c(N2CCCC2=O)c1.COc1ccccc1CN(Cc1cccs1)C(=O)c1ccc(S(=O)(=O)N(C)C)cc1.Cc1ccc(CN(Cc2ccco2)C(=O)C(c2ccccc2)c2ccccc2)o1. The number of halogens is 1. The Balaban J connectivity index is 0.000000146. The highest BCUT2D eigenvalue weighted by atomic mass is 35.5. The van der Waals surface area contributed by atoms with Gasteiger partial charge in [-0.15, -0.1) is 44.2 Å². The van der Waals surface area contributed by atoms with Crippen LogP contribution in [0.1, 0.15) is 110 Å². The summed E-state index contributed by atoms with van der Waals surface area (Å²) >= 11 is 11.2. The summed E-state index contributed by atoms with van der Waals surface area (Å²) in [5.74, 6) is 4.33. The number of methoxy groups -OCH3 is 3. The van der Waals surface area contributed by atoms with Crippen LogP contribution < -0.4 is 19.1 Å². The van der Waals surface area contributed by atoms with Crippen LogP contribution in [0.5, 0.6) is 17.2 Å². The van der Waals surface area contributed by atoms with Gasteiger partial charge in [-0.05, 0) is 161 Å². The third-order valence-electron chi connectivity index (χ3n) is 19.4. The lowest BCUT2D eigenvalue weighted by Crippen LogP contribution is -2.34. The molecule has 1 aliphatic rings. The Bertz CT molecular complexity index is 5650. The molecule has 119 heavy (non-hydrogen) atoms. The molecule has 15 rings (SSSR count). The Morgan fingerprint density at radius 3 is 1.39 bits per heavy atom. The average molecular weight is 1690 g/mol. The van der Waals surface area contributed by atoms with E-state index in [0.717, 1.165) is 87.5 Å². The molecule has 0 atom stereocenters. The number of aromatic amines is 1. The van der Waals surface area contributed by atoms with Crippen molar-refractivity contribution >= 4 is 90.9 Å². The molecule has 1 N–H and O–H groups in total. The van der Waals surface area contributed by atoms with Gasteiger partial charge in [0.15, 0.2) is 0 Å². The maximum atomic E-state index is 13.8. The zero-order chi connectivity index (χ0) is 83.6. The lowest BCUT2D eigenvalue weighted by molar-refractivity contribution is -0.133. The standard InChI is InChI=1S/C25H23NO3.C24H23ClN2O3S.C22H24N2O4S2.C21H19N5O2S/c1-19-14-15-23(29-19)18-26(17-22-13-8-16-28-22)25(27)24(20-9-4-2-5-10-20)21-11-6-3-7-12-21;1-30-22-8-3-2-6-18(22)15-26(16-19-7-5-13-31-19)24(29)17-10-11-20(25)21(14-17)27-12-4-9-23(27)28;1-23(2)30(26,27)20-12-10-17(11-13-20)22(25)24(16-19-8-6-14-29-19)15-18-7-4-5-9-21(18)28-3;1-28-19-7-3-2-5-17(19)13-26(14-18-6-4-12-29-18)21(27)16-10-8-15(9-11-16)20-22-24-25-23-20/h2-16,24H,17-18H2,1H3;2-3,5-8,10-11,13-14H,4,9,12,15-16H2,1H3;4-14H,15-16H2,1-3H3;2-12H,13-14H2,1H3,(H,22,23,24,25). The third-order valence-corrected chi connectivity index (χ3v) is 24.1. The highest BCUT2D eigenvalue weighted by Gasteiger charge is 2.31. The summed E-state index contributed by atoms with van der Waals surface area (Å²) in [6.07, 6.45) is 2.93. The molecule has 1 fully saturated rings. The van der Waals surface area contributed by atoms with E-state index in [9.17, 15) is 32.4 Å². The maximum absolute atomic E-state index is 13.8. The molecule has 1 saturated heterocycles. The Kier molecular flexibility index (Phi) is 30.3. The summed E-state index contributed by atoms with van der Waals surface area (Å²) in [5, 5.41) is 20.4. The van der Waals surface area contributed by atoms with Gasteiger partial charge in [0, 0.05) is 80.6 Å². The van der Waals surface area contributed by atoms with Crippen LogP contribution in [0.25, 0.3) is 11.4 Å². The summed E-state index contributed by atoms with van der Waals surface area (Å²) in [6, 6.07) is 80.7. The van der Waals surface area contributed by atoms with Gasteiger partial charge in [0.05, 0.1) is 101 Å². The number of nitrogens with one attached hydrogen (secondary N) is 1. The number of para-hydroxylation sites is 3. The second-order valence-electron chi connectivity index (χ2n) is 27.6. The first-order valence-corrected chi connectivity index (χ1v) is 42.5. The molecule has 0 radical (unpaired) electrons. The van der Waals surface area contributed by atoms with Gasteiger partial charge in [-0.25, -0.2) is 12.7 Å². The van der Waals surface area contributed by atoms with E-state index in [4.69, 9.17) is 34.6 Å². The fraction of sp³-hybridized carbons (Fsp3) is 0.196. The van der Waals surface area contributed by atoms with Crippen LogP contribution in [0.3, 0.4) is 0 Å². The van der Waals surface area contributed by atoms with Crippen LogP contribution >= 0.6 is 45.6 Å². The summed E-state index contributed by atoms with van der Waals surface area (Å²) in [4.78, 5) is 78.5. The minimum atomic E-state index is -3.54. The molecule has 1 aliphatic heterocycles. The number of tetrazole rings is 1. The van der Waals surface area contributed by atoms with Gasteiger partial charge in [-0.2, -0.15) is 5.21 Å². The average Bonchev–Trinajstić information content (AvgIpc) is 1.77. The first-order valence-electron chi connectivity index (χ1n) is 38.1. The van der Waals surface area contributed by atoms with Crippen molar-refractivity contribution in [1.82, 2.24) is 44.5 Å². The number of benzene rings is 8. The highest BCUT2D eigenvalue weighted by molar-refractivity contribution is 7.89. The number of sulfonamides is 1. The molecule has 14 aromatic rings. The van der Waals surface area contributed by atoms with Crippen LogP contribution in [0.15, 0.2) is 297 Å². The van der Waals surface area contributed by atoms with Gasteiger partial charge >= 0.3 is 0 Å². The predicted molar refractivity (Wildman–Crippen MR) is 464 cm³/mol. The van der Waals surface area contributed by atoms with Crippen LogP contribution in [-0.2, 0) is 72.0 Å².